The van der Waals surface area contributed by atoms with E-state index in [1.807, 2.05) is 27.7 Å². The molecule has 24 N–H and O–H groups in total. The number of aliphatic hydroxyl groups is 1. The molecule has 0 saturated carbocycles. The van der Waals surface area contributed by atoms with Gasteiger partial charge in [-0.15, -0.1) is 0 Å². The fourth-order valence-electron chi connectivity index (χ4n) is 11.0. The molecule has 1 rings (SSSR count). The Labute approximate surface area is 573 Å². The van der Waals surface area contributed by atoms with Gasteiger partial charge in [-0.3, -0.25) is 57.7 Å². The average Bonchev–Trinajstić information content (AvgIpc) is 1.73. The summed E-state index contributed by atoms with van der Waals surface area (Å²) >= 11 is 0. The zero-order valence-corrected chi connectivity index (χ0v) is 59.6. The third-order valence-corrected chi connectivity index (χ3v) is 16.4. The van der Waals surface area contributed by atoms with Crippen LogP contribution in [0.1, 0.15) is 186 Å². The second-order valence-corrected chi connectivity index (χ2v) is 27.6. The van der Waals surface area contributed by atoms with Gasteiger partial charge in [0.1, 0.15) is 66.5 Å². The zero-order valence-electron chi connectivity index (χ0n) is 59.6. The number of unbranched alkanes of at least 4 members (excludes halogenated alkanes) is 3. The van der Waals surface area contributed by atoms with E-state index in [1.54, 1.807) is 55.4 Å². The minimum absolute atomic E-state index is 0.000177. The van der Waals surface area contributed by atoms with Crippen LogP contribution in [0, 0.1) is 35.5 Å². The van der Waals surface area contributed by atoms with E-state index in [2.05, 4.69) is 58.2 Å². The van der Waals surface area contributed by atoms with Crippen molar-refractivity contribution in [2.75, 3.05) is 39.3 Å². The van der Waals surface area contributed by atoms with Crippen molar-refractivity contribution in [3.05, 3.63) is 0 Å². The van der Waals surface area contributed by atoms with Crippen molar-refractivity contribution in [3.63, 3.8) is 0 Å². The third-order valence-electron chi connectivity index (χ3n) is 16.4. The standard InChI is InChI=1S/C65H122N18O14/c1-35(2)31-41(69)53(85)80-50(38(7)8)61(93)75-44(23-15-18-28-68)57(89)82-52(40(11)12)63(95)83-30-20-25-49(83)60(92)77-46(32-36(3)4)58(90)81-51(39(9)10)62(94)76-45(24-19-29-72-65(70)71)55(87)73-42(21-13-16-26-66)54(86)74-43(22-14-17-27-67)56(88)79-48(34-84)59(91)78-47(64(96)97)33-37(5)6/h35-52,84H,13-34,66-69H2,1-12H3,(H,73,87)(H,74,86)(H,75,93)(H,76,94)(H,77,92)(H,78,91)(H,79,88)(H,80,85)(H,81,90)(H,82,89)(H,96,97)(H4,70,71,72)/t41-,42-,43-,44-,45-,46-,47-,48-,49-,50-,51-,52-/m0/s1. The number of nitrogens with two attached hydrogens (primary N) is 6. The van der Waals surface area contributed by atoms with Crippen LogP contribution in [0.5, 0.6) is 0 Å². The molecule has 1 heterocycles. The maximum Gasteiger partial charge on any atom is 0.326 e. The molecule has 0 bridgehead atoms. The van der Waals surface area contributed by atoms with Gasteiger partial charge in [0.15, 0.2) is 5.96 Å². The van der Waals surface area contributed by atoms with E-state index in [4.69, 9.17) is 34.4 Å². The van der Waals surface area contributed by atoms with E-state index in [0.717, 1.165) is 0 Å². The van der Waals surface area contributed by atoms with Gasteiger partial charge in [-0.25, -0.2) is 4.79 Å². The van der Waals surface area contributed by atoms with Crippen molar-refractivity contribution in [1.29, 1.82) is 0 Å². The predicted molar refractivity (Wildman–Crippen MR) is 368 cm³/mol. The van der Waals surface area contributed by atoms with Crippen molar-refractivity contribution in [1.82, 2.24) is 58.1 Å². The van der Waals surface area contributed by atoms with Gasteiger partial charge in [0.05, 0.1) is 12.6 Å². The molecule has 0 aliphatic carbocycles. The van der Waals surface area contributed by atoms with Crippen LogP contribution in [0.15, 0.2) is 4.99 Å². The topological polar surface area (TPSA) is 537 Å². The Balaban J connectivity index is 3.58. The largest absolute Gasteiger partial charge is 0.480 e. The summed E-state index contributed by atoms with van der Waals surface area (Å²) in [5.41, 5.74) is 34.7. The van der Waals surface area contributed by atoms with Crippen LogP contribution >= 0.6 is 0 Å². The number of guanidine groups is 1. The fraction of sp³-hybridized carbons (Fsp3) is 0.800. The molecule has 12 atom stereocenters. The third kappa shape index (κ3) is 32.7. The van der Waals surface area contributed by atoms with Crippen molar-refractivity contribution in [2.24, 2.45) is 74.9 Å². The molecular weight excluding hydrogens is 1260 g/mol. The molecule has 1 fully saturated rings. The number of amides is 11. The molecule has 0 aromatic rings. The summed E-state index contributed by atoms with van der Waals surface area (Å²) in [6, 6.07) is -14.9. The van der Waals surface area contributed by atoms with Crippen LogP contribution < -0.4 is 87.6 Å². The number of carboxylic acids is 1. The van der Waals surface area contributed by atoms with Crippen LogP contribution in [0.2, 0.25) is 0 Å². The second-order valence-electron chi connectivity index (χ2n) is 27.6. The number of aliphatic imine (C=N–C) groups is 1. The molecule has 1 aliphatic heterocycles. The number of nitrogens with one attached hydrogen (secondary N) is 10. The van der Waals surface area contributed by atoms with Crippen LogP contribution in [0.3, 0.4) is 0 Å². The molecular formula is C65H122N18O14. The number of aliphatic hydroxyl groups excluding tert-OH is 1. The quantitative estimate of drug-likeness (QED) is 0.0174. The van der Waals surface area contributed by atoms with Gasteiger partial charge >= 0.3 is 5.97 Å². The van der Waals surface area contributed by atoms with Gasteiger partial charge in [0.2, 0.25) is 65.0 Å². The number of nitrogens with zero attached hydrogens (tertiary/aromatic N) is 2. The molecule has 0 aromatic heterocycles. The van der Waals surface area contributed by atoms with Crippen LogP contribution in [0.25, 0.3) is 0 Å². The maximum absolute atomic E-state index is 14.7. The summed E-state index contributed by atoms with van der Waals surface area (Å²) in [5.74, 6) is -11.4. The minimum Gasteiger partial charge on any atom is -0.480 e. The first kappa shape index (κ1) is 87.7. The van der Waals surface area contributed by atoms with Crippen molar-refractivity contribution in [2.45, 2.75) is 258 Å². The van der Waals surface area contributed by atoms with E-state index in [1.165, 1.54) is 4.90 Å². The molecule has 11 amide bonds. The highest BCUT2D eigenvalue weighted by Crippen LogP contribution is 2.22. The highest BCUT2D eigenvalue weighted by molar-refractivity contribution is 5.99. The number of rotatable bonds is 48. The Morgan fingerprint density at radius 1 is 0.433 bits per heavy atom. The molecule has 0 radical (unpaired) electrons. The van der Waals surface area contributed by atoms with Crippen molar-refractivity contribution >= 4 is 76.9 Å². The zero-order chi connectivity index (χ0) is 73.8. The summed E-state index contributed by atoms with van der Waals surface area (Å²) in [5, 5.41) is 46.7. The van der Waals surface area contributed by atoms with E-state index in [9.17, 15) is 67.7 Å². The van der Waals surface area contributed by atoms with E-state index >= 15 is 0 Å². The normalized spacial score (nSPS) is 16.5. The number of carbonyl (C=O) groups is 12. The van der Waals surface area contributed by atoms with Gasteiger partial charge in [-0.2, -0.15) is 0 Å². The summed E-state index contributed by atoms with van der Waals surface area (Å²) < 4.78 is 0. The number of likely N-dealkylation sites (tertiary alicyclic amines) is 1. The number of hydrogen-bond acceptors (Lipinski definition) is 18. The predicted octanol–water partition coefficient (Wildman–Crippen LogP) is -2.22. The van der Waals surface area contributed by atoms with Crippen molar-refractivity contribution < 1.29 is 67.7 Å². The summed E-state index contributed by atoms with van der Waals surface area (Å²) in [4.78, 5) is 173. The summed E-state index contributed by atoms with van der Waals surface area (Å²) in [7, 11) is 0. The first-order chi connectivity index (χ1) is 45.5. The maximum atomic E-state index is 14.7. The van der Waals surface area contributed by atoms with Crippen LogP contribution in [0.4, 0.5) is 0 Å². The van der Waals surface area contributed by atoms with E-state index in [0.29, 0.717) is 57.9 Å². The fourth-order valence-corrected chi connectivity index (χ4v) is 11.0. The minimum atomic E-state index is -1.61. The summed E-state index contributed by atoms with van der Waals surface area (Å²) in [6.45, 7) is 21.2. The van der Waals surface area contributed by atoms with Gasteiger partial charge in [-0.05, 0) is 158 Å². The molecule has 97 heavy (non-hydrogen) atoms. The average molecular weight is 1380 g/mol. The molecule has 1 aliphatic rings. The number of aliphatic carboxylic acids is 1. The molecule has 32 heteroatoms. The molecule has 1 saturated heterocycles. The Kier molecular flexibility index (Phi) is 41.7. The lowest BCUT2D eigenvalue weighted by molar-refractivity contribution is -0.143. The lowest BCUT2D eigenvalue weighted by atomic mass is 9.98. The Hall–Kier alpha value is -7.29. The van der Waals surface area contributed by atoms with Gasteiger partial charge in [-0.1, -0.05) is 83.1 Å². The van der Waals surface area contributed by atoms with Gasteiger partial charge < -0.3 is 103 Å². The number of carboxylic acid groups (broad SMARTS) is 1. The van der Waals surface area contributed by atoms with Gasteiger partial charge in [0, 0.05) is 13.1 Å². The highest BCUT2D eigenvalue weighted by atomic mass is 16.4. The molecule has 0 spiro atoms. The SMILES string of the molecule is CC(C)C[C@H](NC(=O)[C@H](CO)NC(=O)[C@H](CCCCN)NC(=O)[C@H](CCCCN)NC(=O)[C@H](CCCN=C(N)N)NC(=O)[C@@H](NC(=O)[C@H](CC(C)C)NC(=O)[C@@H]1CCCN1C(=O)[C@@H](NC(=O)[C@H](CCCCN)NC(=O)[C@@H](NC(=O)[C@@H](N)CC(C)C)C(C)C)C(C)C)C(C)C)C(=O)O. The van der Waals surface area contributed by atoms with E-state index in [-0.39, 0.29) is 101 Å². The molecule has 32 nitrogen and oxygen atoms in total. The lowest BCUT2D eigenvalue weighted by Gasteiger charge is -2.33. The van der Waals surface area contributed by atoms with E-state index < -0.39 is 168 Å². The smallest absolute Gasteiger partial charge is 0.326 e. The first-order valence-corrected chi connectivity index (χ1v) is 34.6. The Morgan fingerprint density at radius 2 is 0.784 bits per heavy atom. The monoisotopic (exact) mass is 1380 g/mol. The second kappa shape index (κ2) is 46.1. The highest BCUT2D eigenvalue weighted by Gasteiger charge is 2.42. The Morgan fingerprint density at radius 3 is 1.18 bits per heavy atom. The van der Waals surface area contributed by atoms with Crippen LogP contribution in [-0.2, 0) is 57.5 Å². The number of carbonyl (C=O) groups excluding carboxylic acids is 11. The van der Waals surface area contributed by atoms with Crippen LogP contribution in [-0.4, -0.2) is 204 Å². The molecule has 0 unspecified atom stereocenters. The lowest BCUT2D eigenvalue weighted by Crippen LogP contribution is -2.61. The van der Waals surface area contributed by atoms with Gasteiger partial charge in [0.25, 0.3) is 0 Å². The Bertz CT molecular complexity index is 2550. The molecule has 556 valence electrons. The number of hydrogen-bond donors (Lipinski definition) is 18. The molecule has 0 aromatic carbocycles. The summed E-state index contributed by atoms with van der Waals surface area (Å²) in [6.07, 6.45) is 3.78. The van der Waals surface area contributed by atoms with Crippen molar-refractivity contribution in [3.8, 4) is 0 Å². The first-order valence-electron chi connectivity index (χ1n) is 34.6.